The molecule has 162 valence electrons. The van der Waals surface area contributed by atoms with Crippen LogP contribution in [0.15, 0.2) is 47.4 Å². The van der Waals surface area contributed by atoms with E-state index in [0.29, 0.717) is 32.1 Å². The number of hydrogen-bond donors (Lipinski definition) is 1. The zero-order valence-electron chi connectivity index (χ0n) is 17.6. The molecule has 1 N–H and O–H groups in total. The fourth-order valence-electron chi connectivity index (χ4n) is 3.36. The van der Waals surface area contributed by atoms with Gasteiger partial charge in [0.05, 0.1) is 36.8 Å². The minimum atomic E-state index is -3.71. The van der Waals surface area contributed by atoms with E-state index in [9.17, 15) is 13.2 Å². The van der Waals surface area contributed by atoms with Gasteiger partial charge in [-0.25, -0.2) is 8.42 Å². The number of carbonyl (C=O) groups excluding carboxylic acids is 1. The van der Waals surface area contributed by atoms with Crippen LogP contribution in [0.1, 0.15) is 41.4 Å². The Morgan fingerprint density at radius 3 is 2.43 bits per heavy atom. The van der Waals surface area contributed by atoms with Crippen LogP contribution in [0.4, 0.5) is 0 Å². The number of benzene rings is 2. The van der Waals surface area contributed by atoms with E-state index in [4.69, 9.17) is 9.47 Å². The van der Waals surface area contributed by atoms with Crippen LogP contribution in [0.3, 0.4) is 0 Å². The number of carbonyl (C=O) groups is 1. The van der Waals surface area contributed by atoms with Crippen LogP contribution in [0.25, 0.3) is 0 Å². The highest BCUT2D eigenvalue weighted by molar-refractivity contribution is 7.89. The Bertz CT molecular complexity index is 983. The summed E-state index contributed by atoms with van der Waals surface area (Å²) < 4.78 is 37.8. The number of nitrogens with one attached hydrogen (secondary N) is 1. The van der Waals surface area contributed by atoms with Gasteiger partial charge in [-0.3, -0.25) is 4.79 Å². The van der Waals surface area contributed by atoms with Crippen molar-refractivity contribution >= 4 is 15.9 Å². The number of aryl methyl sites for hydroxylation is 1. The maximum absolute atomic E-state index is 13.0. The van der Waals surface area contributed by atoms with E-state index in [1.807, 2.05) is 31.2 Å². The zero-order chi connectivity index (χ0) is 21.7. The van der Waals surface area contributed by atoms with Gasteiger partial charge in [0.15, 0.2) is 0 Å². The summed E-state index contributed by atoms with van der Waals surface area (Å²) in [6.45, 7) is 5.28. The van der Waals surface area contributed by atoms with Crippen LogP contribution in [0.5, 0.6) is 5.75 Å². The Morgan fingerprint density at radius 2 is 1.83 bits per heavy atom. The first-order valence-electron chi connectivity index (χ1n) is 10.0. The first-order valence-corrected chi connectivity index (χ1v) is 11.5. The number of rotatable bonds is 7. The second-order valence-electron chi connectivity index (χ2n) is 7.17. The Morgan fingerprint density at radius 1 is 1.17 bits per heavy atom. The molecule has 30 heavy (non-hydrogen) atoms. The molecule has 0 aliphatic carbocycles. The monoisotopic (exact) mass is 432 g/mol. The van der Waals surface area contributed by atoms with Gasteiger partial charge < -0.3 is 14.8 Å². The van der Waals surface area contributed by atoms with E-state index in [0.717, 1.165) is 12.0 Å². The molecule has 1 aliphatic rings. The molecular weight excluding hydrogens is 404 g/mol. The molecule has 1 atom stereocenters. The highest BCUT2D eigenvalue weighted by Gasteiger charge is 2.28. The summed E-state index contributed by atoms with van der Waals surface area (Å²) >= 11 is 0. The molecule has 3 rings (SSSR count). The van der Waals surface area contributed by atoms with Crippen molar-refractivity contribution in [3.8, 4) is 5.75 Å². The third-order valence-electron chi connectivity index (χ3n) is 5.26. The van der Waals surface area contributed by atoms with E-state index >= 15 is 0 Å². The summed E-state index contributed by atoms with van der Waals surface area (Å²) in [5.41, 5.74) is 2.38. The molecule has 1 fully saturated rings. The largest absolute Gasteiger partial charge is 0.496 e. The Kier molecular flexibility index (Phi) is 7.12. The van der Waals surface area contributed by atoms with Crippen LogP contribution in [0.2, 0.25) is 0 Å². The van der Waals surface area contributed by atoms with Gasteiger partial charge in [0.2, 0.25) is 10.0 Å². The van der Waals surface area contributed by atoms with Gasteiger partial charge in [0.25, 0.3) is 5.91 Å². The lowest BCUT2D eigenvalue weighted by Crippen LogP contribution is -2.40. The topological polar surface area (TPSA) is 84.9 Å². The molecule has 8 heteroatoms. The van der Waals surface area contributed by atoms with E-state index in [1.165, 1.54) is 35.2 Å². The molecule has 1 heterocycles. The Hall–Kier alpha value is -2.42. The lowest BCUT2D eigenvalue weighted by Gasteiger charge is -2.26. The van der Waals surface area contributed by atoms with Crippen molar-refractivity contribution in [1.82, 2.24) is 9.62 Å². The van der Waals surface area contributed by atoms with Crippen LogP contribution < -0.4 is 10.1 Å². The van der Waals surface area contributed by atoms with Crippen molar-refractivity contribution in [3.05, 3.63) is 59.2 Å². The summed E-state index contributed by atoms with van der Waals surface area (Å²) in [5.74, 6) is -0.0695. The smallest absolute Gasteiger partial charge is 0.255 e. The second-order valence-corrected chi connectivity index (χ2v) is 9.11. The summed E-state index contributed by atoms with van der Waals surface area (Å²) in [5, 5.41) is 2.94. The van der Waals surface area contributed by atoms with Gasteiger partial charge in [0.1, 0.15) is 5.75 Å². The molecule has 1 amide bonds. The van der Waals surface area contributed by atoms with E-state index in [-0.39, 0.29) is 16.5 Å². The molecule has 0 radical (unpaired) electrons. The number of methoxy groups -OCH3 is 1. The third kappa shape index (κ3) is 4.83. The average molecular weight is 433 g/mol. The van der Waals surface area contributed by atoms with Crippen molar-refractivity contribution in [2.75, 3.05) is 33.4 Å². The first kappa shape index (κ1) is 22.3. The number of morpholine rings is 1. The van der Waals surface area contributed by atoms with E-state index < -0.39 is 15.9 Å². The van der Waals surface area contributed by atoms with Gasteiger partial charge in [-0.05, 0) is 42.7 Å². The maximum atomic E-state index is 13.0. The molecule has 0 bridgehead atoms. The Balaban J connectivity index is 1.84. The summed E-state index contributed by atoms with van der Waals surface area (Å²) in [4.78, 5) is 13.0. The van der Waals surface area contributed by atoms with E-state index in [2.05, 4.69) is 12.2 Å². The SMILES string of the molecule is CCc1ccc(C(C)NC(=O)c2cc(S(=O)(=O)N3CCOCC3)ccc2OC)cc1. The quantitative estimate of drug-likeness (QED) is 0.727. The average Bonchev–Trinajstić information content (AvgIpc) is 2.79. The summed E-state index contributed by atoms with van der Waals surface area (Å²) in [6.07, 6.45) is 0.947. The number of sulfonamides is 1. The van der Waals surface area contributed by atoms with Gasteiger partial charge in [-0.1, -0.05) is 31.2 Å². The van der Waals surface area contributed by atoms with Crippen molar-refractivity contribution in [1.29, 1.82) is 0 Å². The van der Waals surface area contributed by atoms with Gasteiger partial charge in [-0.2, -0.15) is 4.31 Å². The molecule has 1 saturated heterocycles. The van der Waals surface area contributed by atoms with Crippen molar-refractivity contribution < 1.29 is 22.7 Å². The fourth-order valence-corrected chi connectivity index (χ4v) is 4.80. The predicted octanol–water partition coefficient (Wildman–Crippen LogP) is 2.77. The molecule has 7 nitrogen and oxygen atoms in total. The standard InChI is InChI=1S/C22H28N2O5S/c1-4-17-5-7-18(8-6-17)16(2)23-22(25)20-15-19(9-10-21(20)28-3)30(26,27)24-11-13-29-14-12-24/h5-10,15-16H,4,11-14H2,1-3H3,(H,23,25). The molecule has 0 saturated carbocycles. The second kappa shape index (κ2) is 9.59. The summed E-state index contributed by atoms with van der Waals surface area (Å²) in [7, 11) is -2.26. The van der Waals surface area contributed by atoms with Crippen LogP contribution >= 0.6 is 0 Å². The number of ether oxygens (including phenoxy) is 2. The number of hydrogen-bond acceptors (Lipinski definition) is 5. The molecule has 2 aromatic carbocycles. The third-order valence-corrected chi connectivity index (χ3v) is 7.15. The number of nitrogens with zero attached hydrogens (tertiary/aromatic N) is 1. The minimum Gasteiger partial charge on any atom is -0.496 e. The van der Waals surface area contributed by atoms with Gasteiger partial charge in [0, 0.05) is 13.1 Å². The van der Waals surface area contributed by atoms with Crippen LogP contribution in [0, 0.1) is 0 Å². The molecular formula is C22H28N2O5S. The lowest BCUT2D eigenvalue weighted by atomic mass is 10.0. The minimum absolute atomic E-state index is 0.0651. The molecule has 0 spiro atoms. The van der Waals surface area contributed by atoms with Crippen LogP contribution in [-0.2, 0) is 21.2 Å². The maximum Gasteiger partial charge on any atom is 0.255 e. The lowest BCUT2D eigenvalue weighted by molar-refractivity contribution is 0.0730. The molecule has 0 aromatic heterocycles. The molecule has 1 unspecified atom stereocenters. The molecule has 1 aliphatic heterocycles. The molecule has 2 aromatic rings. The summed E-state index contributed by atoms with van der Waals surface area (Å²) in [6, 6.07) is 12.2. The van der Waals surface area contributed by atoms with Gasteiger partial charge >= 0.3 is 0 Å². The predicted molar refractivity (Wildman–Crippen MR) is 114 cm³/mol. The normalized spacial score (nSPS) is 16.1. The number of amides is 1. The van der Waals surface area contributed by atoms with E-state index in [1.54, 1.807) is 0 Å². The highest BCUT2D eigenvalue weighted by atomic mass is 32.2. The van der Waals surface area contributed by atoms with Gasteiger partial charge in [-0.15, -0.1) is 0 Å². The van der Waals surface area contributed by atoms with Crippen molar-refractivity contribution in [2.24, 2.45) is 0 Å². The first-order chi connectivity index (χ1) is 14.4. The highest BCUT2D eigenvalue weighted by Crippen LogP contribution is 2.26. The van der Waals surface area contributed by atoms with Crippen molar-refractivity contribution in [2.45, 2.75) is 31.2 Å². The Labute approximate surface area is 178 Å². The zero-order valence-corrected chi connectivity index (χ0v) is 18.4. The van der Waals surface area contributed by atoms with Crippen molar-refractivity contribution in [3.63, 3.8) is 0 Å². The van der Waals surface area contributed by atoms with Crippen LogP contribution in [-0.4, -0.2) is 52.0 Å². The fraction of sp³-hybridized carbons (Fsp3) is 0.409.